The monoisotopic (exact) mass is 572 g/mol. The first-order valence-corrected chi connectivity index (χ1v) is 15.1. The fraction of sp³-hybridized carbons (Fsp3) is 0.719. The van der Waals surface area contributed by atoms with Crippen LogP contribution >= 0.6 is 0 Å². The molecular formula is C32H48N2O7. The number of nitrogen functional groups attached to an aromatic ring is 1. The predicted octanol–water partition coefficient (Wildman–Crippen LogP) is 3.29. The van der Waals surface area contributed by atoms with Crippen LogP contribution in [0.2, 0.25) is 0 Å². The molecule has 10 atom stereocenters. The van der Waals surface area contributed by atoms with Crippen molar-refractivity contribution in [2.75, 3.05) is 40.2 Å². The summed E-state index contributed by atoms with van der Waals surface area (Å²) in [5.74, 6) is -0.801. The van der Waals surface area contributed by atoms with Gasteiger partial charge in [-0.05, 0) is 49.9 Å². The molecule has 1 aromatic rings. The molecule has 4 aliphatic carbocycles. The lowest BCUT2D eigenvalue weighted by Crippen LogP contribution is -2.78. The van der Waals surface area contributed by atoms with Crippen molar-refractivity contribution in [3.05, 3.63) is 41.7 Å². The van der Waals surface area contributed by atoms with E-state index in [0.29, 0.717) is 50.0 Å². The summed E-state index contributed by atoms with van der Waals surface area (Å²) in [6.07, 6.45) is 3.75. The molecule has 0 heterocycles. The summed E-state index contributed by atoms with van der Waals surface area (Å²) in [7, 11) is 4.94. The Morgan fingerprint density at radius 2 is 1.85 bits per heavy atom. The molecule has 2 bridgehead atoms. The number of allylic oxidation sites excluding steroid dienone is 1. The highest BCUT2D eigenvalue weighted by Crippen LogP contribution is 2.73. The Hall–Kier alpha value is -2.17. The molecule has 0 radical (unpaired) electrons. The Kier molecular flexibility index (Phi) is 8.00. The molecule has 0 amide bonds. The van der Waals surface area contributed by atoms with Gasteiger partial charge in [0.25, 0.3) is 0 Å². The summed E-state index contributed by atoms with van der Waals surface area (Å²) in [6, 6.07) is 6.94. The maximum Gasteiger partial charge on any atom is 0.340 e. The molecule has 0 aliphatic heterocycles. The van der Waals surface area contributed by atoms with Crippen molar-refractivity contribution >= 4 is 11.7 Å². The number of nitrogens with one attached hydrogen (secondary N) is 1. The van der Waals surface area contributed by atoms with Gasteiger partial charge in [0.15, 0.2) is 0 Å². The van der Waals surface area contributed by atoms with E-state index in [2.05, 4.69) is 12.2 Å². The minimum atomic E-state index is -1.58. The van der Waals surface area contributed by atoms with Gasteiger partial charge >= 0.3 is 5.97 Å². The van der Waals surface area contributed by atoms with Crippen LogP contribution in [0.1, 0.15) is 63.2 Å². The number of ether oxygens (including phenoxy) is 4. The van der Waals surface area contributed by atoms with Gasteiger partial charge < -0.3 is 40.2 Å². The quantitative estimate of drug-likeness (QED) is 0.260. The fourth-order valence-corrected chi connectivity index (χ4v) is 9.60. The summed E-state index contributed by atoms with van der Waals surface area (Å²) in [6.45, 7) is 7.22. The third-order valence-corrected chi connectivity index (χ3v) is 11.5. The average Bonchev–Trinajstić information content (AvgIpc) is 3.38. The van der Waals surface area contributed by atoms with E-state index in [0.717, 1.165) is 12.2 Å². The summed E-state index contributed by atoms with van der Waals surface area (Å²) < 4.78 is 24.7. The number of benzene rings is 1. The van der Waals surface area contributed by atoms with Gasteiger partial charge in [-0.25, -0.2) is 4.79 Å². The van der Waals surface area contributed by atoms with Crippen molar-refractivity contribution in [3.8, 4) is 0 Å². The van der Waals surface area contributed by atoms with E-state index < -0.39 is 40.2 Å². The first-order chi connectivity index (χ1) is 19.5. The molecule has 0 aromatic heterocycles. The van der Waals surface area contributed by atoms with Crippen molar-refractivity contribution in [2.45, 2.75) is 81.9 Å². The van der Waals surface area contributed by atoms with Gasteiger partial charge in [-0.1, -0.05) is 32.9 Å². The number of carbonyl (C=O) groups excluding carboxylic acids is 1. The SMILES string of the molecule is CCNC[C@]1(OC(=O)c2ccccc2N)CC=C(OC)C23CC(C[C@@H]21)[C@@]1(O)C[C@H](OC)[C@@H](CC)[C@H](OC)[C@@]1(O)[C@H]3C. The average molecular weight is 573 g/mol. The minimum absolute atomic E-state index is 0.103. The lowest BCUT2D eigenvalue weighted by atomic mass is 9.45. The van der Waals surface area contributed by atoms with E-state index >= 15 is 0 Å². The van der Waals surface area contributed by atoms with E-state index in [4.69, 9.17) is 24.7 Å². The molecule has 1 spiro atoms. The van der Waals surface area contributed by atoms with Crippen LogP contribution in [0.4, 0.5) is 5.69 Å². The van der Waals surface area contributed by atoms with Crippen LogP contribution < -0.4 is 11.1 Å². The molecule has 5 N–H and O–H groups in total. The van der Waals surface area contributed by atoms with Crippen LogP contribution in [0.15, 0.2) is 36.1 Å². The lowest BCUT2D eigenvalue weighted by molar-refractivity contribution is -0.328. The van der Waals surface area contributed by atoms with Crippen molar-refractivity contribution in [2.24, 2.45) is 29.1 Å². The van der Waals surface area contributed by atoms with E-state index in [1.165, 1.54) is 0 Å². The lowest BCUT2D eigenvalue weighted by Gasteiger charge is -2.66. The normalized spacial score (nSPS) is 43.1. The molecule has 3 fully saturated rings. The maximum absolute atomic E-state index is 13.7. The number of aliphatic hydroxyl groups is 2. The van der Waals surface area contributed by atoms with Crippen LogP contribution in [0.25, 0.3) is 0 Å². The number of hydrogen-bond donors (Lipinski definition) is 4. The summed E-state index contributed by atoms with van der Waals surface area (Å²) in [5, 5.41) is 29.0. The molecule has 0 saturated heterocycles. The van der Waals surface area contributed by atoms with Gasteiger partial charge in [-0.15, -0.1) is 0 Å². The fourth-order valence-electron chi connectivity index (χ4n) is 9.60. The smallest absolute Gasteiger partial charge is 0.340 e. The Balaban J connectivity index is 1.67. The van der Waals surface area contributed by atoms with Gasteiger partial charge in [0.1, 0.15) is 16.8 Å². The standard InChI is InChI=1S/C32H48N2O7/c1-7-21-24(38-4)17-31(36)20-15-25-29(18-34-8-2,41-28(35)22-11-9-10-12-23(22)33)14-13-26(39-5)30(25,16-20)19(3)32(31,37)27(21)40-6/h9-13,19-21,24-25,27,34,36-37H,7-8,14-18,33H2,1-6H3/t19-,20?,21+,24-,25+,27-,29+,30?,31-,32-/m0/s1. The van der Waals surface area contributed by atoms with Crippen molar-refractivity contribution < 1.29 is 34.0 Å². The Bertz CT molecular complexity index is 1180. The number of carbonyl (C=O) groups is 1. The third kappa shape index (κ3) is 4.03. The third-order valence-electron chi connectivity index (χ3n) is 11.5. The van der Waals surface area contributed by atoms with Gasteiger partial charge in [0.2, 0.25) is 0 Å². The molecular weight excluding hydrogens is 524 g/mol. The molecule has 9 heteroatoms. The molecule has 9 nitrogen and oxygen atoms in total. The molecule has 228 valence electrons. The van der Waals surface area contributed by atoms with Crippen molar-refractivity contribution in [1.82, 2.24) is 5.32 Å². The number of methoxy groups -OCH3 is 3. The number of esters is 1. The molecule has 3 saturated carbocycles. The highest BCUT2D eigenvalue weighted by molar-refractivity contribution is 5.95. The van der Waals surface area contributed by atoms with E-state index in [-0.39, 0.29) is 23.9 Å². The Labute approximate surface area is 243 Å². The number of hydrogen-bond acceptors (Lipinski definition) is 9. The van der Waals surface area contributed by atoms with Crippen LogP contribution in [-0.4, -0.2) is 79.6 Å². The first-order valence-electron chi connectivity index (χ1n) is 15.1. The molecule has 1 aromatic carbocycles. The van der Waals surface area contributed by atoms with Gasteiger partial charge in [0, 0.05) is 62.5 Å². The summed E-state index contributed by atoms with van der Waals surface area (Å²) >= 11 is 0. The number of fused-ring (bicyclic) bond motifs is 3. The topological polar surface area (TPSA) is 132 Å². The Morgan fingerprint density at radius 1 is 1.12 bits per heavy atom. The zero-order valence-electron chi connectivity index (χ0n) is 25.3. The zero-order chi connectivity index (χ0) is 29.8. The molecule has 5 rings (SSSR count). The number of likely N-dealkylation sites (N-methyl/N-ethyl adjacent to an activating group) is 1. The zero-order valence-corrected chi connectivity index (χ0v) is 25.3. The first kappa shape index (κ1) is 30.3. The number of anilines is 1. The van der Waals surface area contributed by atoms with E-state index in [1.807, 2.05) is 19.9 Å². The Morgan fingerprint density at radius 3 is 2.46 bits per heavy atom. The van der Waals surface area contributed by atoms with E-state index in [1.54, 1.807) is 45.6 Å². The number of nitrogens with two attached hydrogens (primary N) is 1. The van der Waals surface area contributed by atoms with E-state index in [9.17, 15) is 15.0 Å². The highest BCUT2D eigenvalue weighted by atomic mass is 16.6. The van der Waals surface area contributed by atoms with Crippen LogP contribution in [0, 0.1) is 29.1 Å². The second-order valence-corrected chi connectivity index (χ2v) is 12.7. The molecule has 4 aliphatic rings. The highest BCUT2D eigenvalue weighted by Gasteiger charge is 2.80. The predicted molar refractivity (Wildman–Crippen MR) is 155 cm³/mol. The minimum Gasteiger partial charge on any atom is -0.501 e. The largest absolute Gasteiger partial charge is 0.501 e. The van der Waals surface area contributed by atoms with Crippen molar-refractivity contribution in [3.63, 3.8) is 0 Å². The van der Waals surface area contributed by atoms with Gasteiger partial charge in [-0.2, -0.15) is 0 Å². The maximum atomic E-state index is 13.7. The van der Waals surface area contributed by atoms with Crippen LogP contribution in [-0.2, 0) is 18.9 Å². The van der Waals surface area contributed by atoms with Crippen LogP contribution in [0.3, 0.4) is 0 Å². The van der Waals surface area contributed by atoms with Gasteiger partial charge in [-0.3, -0.25) is 0 Å². The summed E-state index contributed by atoms with van der Waals surface area (Å²) in [4.78, 5) is 13.7. The molecule has 2 unspecified atom stereocenters. The second-order valence-electron chi connectivity index (χ2n) is 12.7. The summed E-state index contributed by atoms with van der Waals surface area (Å²) in [5.41, 5.74) is 2.19. The van der Waals surface area contributed by atoms with Crippen molar-refractivity contribution in [1.29, 1.82) is 0 Å². The second kappa shape index (κ2) is 10.8. The van der Waals surface area contributed by atoms with Crippen LogP contribution in [0.5, 0.6) is 0 Å². The molecule has 41 heavy (non-hydrogen) atoms. The number of para-hydroxylation sites is 1. The van der Waals surface area contributed by atoms with Gasteiger partial charge in [0.05, 0.1) is 30.6 Å². The number of rotatable bonds is 9.